The zero-order valence-corrected chi connectivity index (χ0v) is 9.45. The molecule has 2 heteroatoms. The Morgan fingerprint density at radius 2 is 1.60 bits per heavy atom. The smallest absolute Gasteiger partial charge is 0.136 e. The van der Waals surface area contributed by atoms with Crippen LogP contribution >= 0.6 is 0 Å². The highest BCUT2D eigenvalue weighted by Gasteiger charge is 2.38. The Labute approximate surface area is 92.0 Å². The number of nitrogens with zero attached hydrogens (tertiary/aromatic N) is 1. The minimum atomic E-state index is 0.523. The first-order valence-electron chi connectivity index (χ1n) is 6.60. The zero-order chi connectivity index (χ0) is 10.3. The van der Waals surface area contributed by atoms with E-state index >= 15 is 0 Å². The number of rotatable bonds is 2. The lowest BCUT2D eigenvalue weighted by molar-refractivity contribution is -0.127. The second kappa shape index (κ2) is 3.89. The lowest BCUT2D eigenvalue weighted by Crippen LogP contribution is -2.54. The zero-order valence-electron chi connectivity index (χ0n) is 9.45. The summed E-state index contributed by atoms with van der Waals surface area (Å²) in [6.07, 6.45) is 9.90. The number of Topliss-reactive ketones (excluding diaryl/α,β-unsaturated/α-hetero) is 1. The van der Waals surface area contributed by atoms with Crippen LogP contribution in [0, 0.1) is 5.92 Å². The van der Waals surface area contributed by atoms with E-state index in [0.717, 1.165) is 18.8 Å². The van der Waals surface area contributed by atoms with Crippen molar-refractivity contribution < 1.29 is 4.79 Å². The molecule has 0 aromatic carbocycles. The van der Waals surface area contributed by atoms with Crippen LogP contribution in [0.5, 0.6) is 0 Å². The third-order valence-electron chi connectivity index (χ3n) is 4.63. The van der Waals surface area contributed by atoms with E-state index in [1.54, 1.807) is 0 Å². The summed E-state index contributed by atoms with van der Waals surface area (Å²) in [5, 5.41) is 0. The van der Waals surface area contributed by atoms with Crippen molar-refractivity contribution in [3.63, 3.8) is 0 Å². The van der Waals surface area contributed by atoms with Crippen LogP contribution in [0.15, 0.2) is 0 Å². The van der Waals surface area contributed by atoms with Gasteiger partial charge in [0.05, 0.1) is 0 Å². The second-order valence-electron chi connectivity index (χ2n) is 5.68. The van der Waals surface area contributed by atoms with Crippen LogP contribution in [0.1, 0.15) is 51.4 Å². The van der Waals surface area contributed by atoms with Gasteiger partial charge in [-0.15, -0.1) is 0 Å². The van der Waals surface area contributed by atoms with Crippen LogP contribution in [0.25, 0.3) is 0 Å². The number of carbonyl (C=O) groups is 1. The van der Waals surface area contributed by atoms with E-state index in [1.165, 1.54) is 45.1 Å². The molecule has 2 atom stereocenters. The minimum absolute atomic E-state index is 0.523. The van der Waals surface area contributed by atoms with Gasteiger partial charge in [-0.25, -0.2) is 0 Å². The second-order valence-corrected chi connectivity index (χ2v) is 5.68. The highest BCUT2D eigenvalue weighted by atomic mass is 16.1. The molecule has 0 radical (unpaired) electrons. The molecular formula is C13H21NO. The molecule has 2 saturated heterocycles. The van der Waals surface area contributed by atoms with Crippen molar-refractivity contribution in [2.24, 2.45) is 5.92 Å². The third-order valence-corrected chi connectivity index (χ3v) is 4.63. The monoisotopic (exact) mass is 207 g/mol. The topological polar surface area (TPSA) is 20.3 Å². The number of hydrogen-bond donors (Lipinski definition) is 0. The standard InChI is InChI=1S/C13H21NO/c15-13-7-11-5-2-6-12(8-13)14(11)9-10-3-1-4-10/h10-12H,1-9H2. The first kappa shape index (κ1) is 9.83. The maximum absolute atomic E-state index is 11.6. The van der Waals surface area contributed by atoms with E-state index in [1.807, 2.05) is 0 Å². The molecule has 0 aromatic rings. The first-order valence-corrected chi connectivity index (χ1v) is 6.60. The largest absolute Gasteiger partial charge is 0.300 e. The summed E-state index contributed by atoms with van der Waals surface area (Å²) in [5.41, 5.74) is 0. The molecule has 0 N–H and O–H groups in total. The summed E-state index contributed by atoms with van der Waals surface area (Å²) in [4.78, 5) is 14.3. The summed E-state index contributed by atoms with van der Waals surface area (Å²) in [6.45, 7) is 1.29. The molecule has 0 aromatic heterocycles. The van der Waals surface area contributed by atoms with E-state index in [-0.39, 0.29) is 0 Å². The Hall–Kier alpha value is -0.370. The quantitative estimate of drug-likeness (QED) is 0.693. The molecule has 2 unspecified atom stereocenters. The molecule has 3 fully saturated rings. The highest BCUT2D eigenvalue weighted by molar-refractivity contribution is 5.80. The van der Waals surface area contributed by atoms with E-state index in [9.17, 15) is 4.79 Å². The van der Waals surface area contributed by atoms with Gasteiger partial charge in [0, 0.05) is 31.5 Å². The maximum atomic E-state index is 11.6. The molecule has 2 heterocycles. The van der Waals surface area contributed by atoms with Crippen molar-refractivity contribution in [1.29, 1.82) is 0 Å². The summed E-state index contributed by atoms with van der Waals surface area (Å²) >= 11 is 0. The van der Waals surface area contributed by atoms with Gasteiger partial charge in [0.2, 0.25) is 0 Å². The molecule has 1 aliphatic carbocycles. The molecule has 84 valence electrons. The van der Waals surface area contributed by atoms with Crippen LogP contribution in [0.4, 0.5) is 0 Å². The van der Waals surface area contributed by atoms with Crippen molar-refractivity contribution in [2.45, 2.75) is 63.5 Å². The minimum Gasteiger partial charge on any atom is -0.300 e. The van der Waals surface area contributed by atoms with Gasteiger partial charge in [-0.05, 0) is 31.6 Å². The van der Waals surface area contributed by atoms with Gasteiger partial charge in [-0.2, -0.15) is 0 Å². The highest BCUT2D eigenvalue weighted by Crippen LogP contribution is 2.36. The van der Waals surface area contributed by atoms with Gasteiger partial charge in [-0.3, -0.25) is 9.69 Å². The molecule has 0 amide bonds. The van der Waals surface area contributed by atoms with Crippen molar-refractivity contribution >= 4 is 5.78 Å². The lowest BCUT2D eigenvalue weighted by atomic mass is 9.79. The van der Waals surface area contributed by atoms with E-state index < -0.39 is 0 Å². The van der Waals surface area contributed by atoms with Crippen molar-refractivity contribution in [3.05, 3.63) is 0 Å². The molecule has 2 aliphatic heterocycles. The van der Waals surface area contributed by atoms with Gasteiger partial charge < -0.3 is 0 Å². The van der Waals surface area contributed by atoms with Crippen molar-refractivity contribution in [2.75, 3.05) is 6.54 Å². The fraction of sp³-hybridized carbons (Fsp3) is 0.923. The van der Waals surface area contributed by atoms with Crippen LogP contribution in [-0.2, 0) is 4.79 Å². The van der Waals surface area contributed by atoms with Gasteiger partial charge >= 0.3 is 0 Å². The summed E-state index contributed by atoms with van der Waals surface area (Å²) in [6, 6.07) is 1.23. The average molecular weight is 207 g/mol. The number of carbonyl (C=O) groups excluding carboxylic acids is 1. The molecule has 0 spiro atoms. The average Bonchev–Trinajstić information content (AvgIpc) is 2.11. The third kappa shape index (κ3) is 1.84. The SMILES string of the molecule is O=C1CC2CCCC(C1)N2CC1CCC1. The van der Waals surface area contributed by atoms with Crippen LogP contribution in [0.2, 0.25) is 0 Å². The van der Waals surface area contributed by atoms with Gasteiger partial charge in [0.15, 0.2) is 0 Å². The predicted octanol–water partition coefficient (Wildman–Crippen LogP) is 2.37. The van der Waals surface area contributed by atoms with Crippen molar-refractivity contribution in [3.8, 4) is 0 Å². The summed E-state index contributed by atoms with van der Waals surface area (Å²) in [7, 11) is 0. The Morgan fingerprint density at radius 3 is 2.13 bits per heavy atom. The normalized spacial score (nSPS) is 37.7. The fourth-order valence-corrected chi connectivity index (χ4v) is 3.54. The fourth-order valence-electron chi connectivity index (χ4n) is 3.54. The maximum Gasteiger partial charge on any atom is 0.136 e. The summed E-state index contributed by atoms with van der Waals surface area (Å²) < 4.78 is 0. The first-order chi connectivity index (χ1) is 7.33. The Balaban J connectivity index is 1.67. The molecule has 2 nitrogen and oxygen atoms in total. The number of fused-ring (bicyclic) bond motifs is 2. The van der Waals surface area contributed by atoms with Crippen LogP contribution in [0.3, 0.4) is 0 Å². The Kier molecular flexibility index (Phi) is 2.55. The Morgan fingerprint density at radius 1 is 1.00 bits per heavy atom. The predicted molar refractivity (Wildman–Crippen MR) is 59.7 cm³/mol. The van der Waals surface area contributed by atoms with Crippen LogP contribution < -0.4 is 0 Å². The van der Waals surface area contributed by atoms with Crippen LogP contribution in [-0.4, -0.2) is 29.3 Å². The molecule has 15 heavy (non-hydrogen) atoms. The van der Waals surface area contributed by atoms with Gasteiger partial charge in [0.1, 0.15) is 5.78 Å². The van der Waals surface area contributed by atoms with Crippen molar-refractivity contribution in [1.82, 2.24) is 4.90 Å². The van der Waals surface area contributed by atoms with Gasteiger partial charge in [0.25, 0.3) is 0 Å². The number of ketones is 1. The summed E-state index contributed by atoms with van der Waals surface area (Å²) in [5.74, 6) is 1.48. The van der Waals surface area contributed by atoms with Gasteiger partial charge in [-0.1, -0.05) is 12.8 Å². The number of hydrogen-bond acceptors (Lipinski definition) is 2. The molecule has 3 aliphatic rings. The lowest BCUT2D eigenvalue weighted by Gasteiger charge is -2.48. The molecule has 3 rings (SSSR count). The molecule has 1 saturated carbocycles. The Bertz CT molecular complexity index is 243. The molecular weight excluding hydrogens is 186 g/mol. The van der Waals surface area contributed by atoms with E-state index in [0.29, 0.717) is 17.9 Å². The number of piperidine rings is 2. The van der Waals surface area contributed by atoms with E-state index in [4.69, 9.17) is 0 Å². The molecule has 2 bridgehead atoms. The van der Waals surface area contributed by atoms with E-state index in [2.05, 4.69) is 4.90 Å².